The van der Waals surface area contributed by atoms with Crippen LogP contribution in [-0.4, -0.2) is 35.8 Å². The van der Waals surface area contributed by atoms with E-state index in [9.17, 15) is 14.0 Å². The molecule has 6 nitrogen and oxygen atoms in total. The van der Waals surface area contributed by atoms with Crippen molar-refractivity contribution in [2.45, 2.75) is 12.8 Å². The summed E-state index contributed by atoms with van der Waals surface area (Å²) in [4.78, 5) is 25.8. The average molecular weight is 330 g/mol. The normalized spacial score (nSPS) is 15.3. The number of halogens is 1. The highest BCUT2D eigenvalue weighted by atomic mass is 19.1. The third kappa shape index (κ3) is 3.29. The molecule has 1 aliphatic heterocycles. The van der Waals surface area contributed by atoms with Crippen molar-refractivity contribution in [1.29, 1.82) is 0 Å². The predicted octanol–water partition coefficient (Wildman–Crippen LogP) is 1.33. The van der Waals surface area contributed by atoms with E-state index in [-0.39, 0.29) is 17.4 Å². The molecule has 1 fully saturated rings. The van der Waals surface area contributed by atoms with Crippen LogP contribution in [0.3, 0.4) is 0 Å². The number of rotatable bonds is 3. The number of hydrogen-bond donors (Lipinski definition) is 1. The molecule has 0 saturated carbocycles. The van der Waals surface area contributed by atoms with Crippen LogP contribution < -0.4 is 15.8 Å². The topological polar surface area (TPSA) is 67.2 Å². The van der Waals surface area contributed by atoms with Crippen LogP contribution in [0.25, 0.3) is 5.69 Å². The minimum absolute atomic E-state index is 0.0142. The van der Waals surface area contributed by atoms with Gasteiger partial charge in [0.25, 0.3) is 5.56 Å². The number of nitrogens with zero attached hydrogens (tertiary/aromatic N) is 3. The minimum Gasteiger partial charge on any atom is -0.359 e. The maximum Gasteiger partial charge on any atom is 0.271 e. The molecule has 0 spiro atoms. The first kappa shape index (κ1) is 16.2. The molecule has 24 heavy (non-hydrogen) atoms. The maximum absolute atomic E-state index is 13.4. The summed E-state index contributed by atoms with van der Waals surface area (Å²) < 4.78 is 14.6. The van der Waals surface area contributed by atoms with Crippen molar-refractivity contribution < 1.29 is 9.18 Å². The van der Waals surface area contributed by atoms with Gasteiger partial charge in [-0.05, 0) is 37.1 Å². The average Bonchev–Trinajstić information content (AvgIpc) is 2.61. The smallest absolute Gasteiger partial charge is 0.271 e. The highest BCUT2D eigenvalue weighted by Crippen LogP contribution is 2.21. The van der Waals surface area contributed by atoms with E-state index in [4.69, 9.17) is 0 Å². The fourth-order valence-corrected chi connectivity index (χ4v) is 2.94. The molecular weight excluding hydrogens is 311 g/mol. The summed E-state index contributed by atoms with van der Waals surface area (Å²) in [6, 6.07) is 8.87. The number of amides is 1. The number of piperidine rings is 1. The Morgan fingerprint density at radius 3 is 2.67 bits per heavy atom. The van der Waals surface area contributed by atoms with E-state index in [1.165, 1.54) is 22.9 Å². The third-order valence-electron chi connectivity index (χ3n) is 4.28. The van der Waals surface area contributed by atoms with Crippen molar-refractivity contribution in [3.8, 4) is 5.69 Å². The van der Waals surface area contributed by atoms with Gasteiger partial charge in [0.1, 0.15) is 11.6 Å². The number of carbonyl (C=O) groups is 1. The Hall–Kier alpha value is -2.70. The molecule has 1 aliphatic rings. The number of anilines is 1. The Labute approximate surface area is 138 Å². The van der Waals surface area contributed by atoms with Crippen molar-refractivity contribution >= 4 is 11.7 Å². The van der Waals surface area contributed by atoms with Crippen molar-refractivity contribution in [2.75, 3.05) is 25.0 Å². The molecule has 2 heterocycles. The van der Waals surface area contributed by atoms with Gasteiger partial charge in [-0.3, -0.25) is 9.59 Å². The lowest BCUT2D eigenvalue weighted by atomic mass is 9.96. The van der Waals surface area contributed by atoms with Gasteiger partial charge in [0, 0.05) is 32.1 Å². The van der Waals surface area contributed by atoms with Gasteiger partial charge in [-0.1, -0.05) is 6.07 Å². The fourth-order valence-electron chi connectivity index (χ4n) is 2.94. The van der Waals surface area contributed by atoms with Crippen molar-refractivity contribution in [3.05, 3.63) is 52.6 Å². The van der Waals surface area contributed by atoms with Crippen LogP contribution in [-0.2, 0) is 4.79 Å². The van der Waals surface area contributed by atoms with Crippen LogP contribution in [0.4, 0.5) is 10.2 Å². The standard InChI is InChI=1S/C17H19FN4O2/c1-19-17(24)12-7-9-21(10-8-12)15-5-6-16(23)22(20-15)14-4-2-3-13(18)11-14/h2-6,11-12H,7-10H2,1H3,(H,19,24). The van der Waals surface area contributed by atoms with Crippen LogP contribution in [0.15, 0.2) is 41.2 Å². The van der Waals surface area contributed by atoms with E-state index in [1.54, 1.807) is 25.2 Å². The molecule has 3 rings (SSSR count). The summed E-state index contributed by atoms with van der Waals surface area (Å²) >= 11 is 0. The second kappa shape index (κ2) is 6.82. The zero-order valence-electron chi connectivity index (χ0n) is 13.4. The largest absolute Gasteiger partial charge is 0.359 e. The van der Waals surface area contributed by atoms with E-state index in [2.05, 4.69) is 10.4 Å². The Morgan fingerprint density at radius 2 is 2.00 bits per heavy atom. The molecule has 0 unspecified atom stereocenters. The number of hydrogen-bond acceptors (Lipinski definition) is 4. The summed E-state index contributed by atoms with van der Waals surface area (Å²) in [5, 5.41) is 7.04. The summed E-state index contributed by atoms with van der Waals surface area (Å²) in [6.07, 6.45) is 1.47. The van der Waals surface area contributed by atoms with Crippen LogP contribution in [0.5, 0.6) is 0 Å². The number of benzene rings is 1. The van der Waals surface area contributed by atoms with Gasteiger partial charge in [0.2, 0.25) is 5.91 Å². The molecule has 1 saturated heterocycles. The van der Waals surface area contributed by atoms with Gasteiger partial charge in [0.05, 0.1) is 5.69 Å². The Balaban J connectivity index is 1.82. The zero-order chi connectivity index (χ0) is 17.1. The van der Waals surface area contributed by atoms with Crippen LogP contribution in [0.1, 0.15) is 12.8 Å². The molecule has 1 aromatic carbocycles. The molecule has 0 aliphatic carbocycles. The first-order valence-electron chi connectivity index (χ1n) is 7.91. The van der Waals surface area contributed by atoms with Crippen molar-refractivity contribution in [2.24, 2.45) is 5.92 Å². The summed E-state index contributed by atoms with van der Waals surface area (Å²) in [5.74, 6) is 0.305. The van der Waals surface area contributed by atoms with E-state index in [0.29, 0.717) is 24.6 Å². The molecule has 0 bridgehead atoms. The Morgan fingerprint density at radius 1 is 1.25 bits per heavy atom. The number of nitrogens with one attached hydrogen (secondary N) is 1. The first-order chi connectivity index (χ1) is 11.6. The lowest BCUT2D eigenvalue weighted by Crippen LogP contribution is -2.40. The first-order valence-corrected chi connectivity index (χ1v) is 7.91. The van der Waals surface area contributed by atoms with E-state index in [0.717, 1.165) is 12.8 Å². The molecule has 2 aromatic rings. The van der Waals surface area contributed by atoms with Crippen LogP contribution in [0.2, 0.25) is 0 Å². The highest BCUT2D eigenvalue weighted by Gasteiger charge is 2.25. The molecule has 1 amide bonds. The second-order valence-electron chi connectivity index (χ2n) is 5.80. The predicted molar refractivity (Wildman–Crippen MR) is 88.8 cm³/mol. The zero-order valence-corrected chi connectivity index (χ0v) is 13.4. The van der Waals surface area contributed by atoms with Gasteiger partial charge in [0.15, 0.2) is 0 Å². The Bertz CT molecular complexity index is 797. The molecule has 1 N–H and O–H groups in total. The minimum atomic E-state index is -0.419. The van der Waals surface area contributed by atoms with E-state index >= 15 is 0 Å². The quantitative estimate of drug-likeness (QED) is 0.922. The summed E-state index contributed by atoms with van der Waals surface area (Å²) in [6.45, 7) is 1.37. The highest BCUT2D eigenvalue weighted by molar-refractivity contribution is 5.78. The summed E-state index contributed by atoms with van der Waals surface area (Å²) in [7, 11) is 1.64. The van der Waals surface area contributed by atoms with Gasteiger partial charge >= 0.3 is 0 Å². The van der Waals surface area contributed by atoms with E-state index < -0.39 is 5.82 Å². The number of carbonyl (C=O) groups excluding carboxylic acids is 1. The second-order valence-corrected chi connectivity index (χ2v) is 5.80. The van der Waals surface area contributed by atoms with Crippen LogP contribution >= 0.6 is 0 Å². The van der Waals surface area contributed by atoms with Crippen molar-refractivity contribution in [1.82, 2.24) is 15.1 Å². The van der Waals surface area contributed by atoms with Gasteiger partial charge in [-0.15, -0.1) is 5.10 Å². The van der Waals surface area contributed by atoms with E-state index in [1.807, 2.05) is 4.90 Å². The molecule has 7 heteroatoms. The monoisotopic (exact) mass is 330 g/mol. The Kier molecular flexibility index (Phi) is 4.59. The lowest BCUT2D eigenvalue weighted by molar-refractivity contribution is -0.125. The molecule has 0 atom stereocenters. The molecule has 1 aromatic heterocycles. The molecule has 126 valence electrons. The van der Waals surface area contributed by atoms with Crippen LogP contribution in [0, 0.1) is 11.7 Å². The lowest BCUT2D eigenvalue weighted by Gasteiger charge is -2.31. The summed E-state index contributed by atoms with van der Waals surface area (Å²) in [5.41, 5.74) is 0.0756. The maximum atomic E-state index is 13.4. The fraction of sp³-hybridized carbons (Fsp3) is 0.353. The molecule has 0 radical (unpaired) electrons. The van der Waals surface area contributed by atoms with Gasteiger partial charge < -0.3 is 10.2 Å². The van der Waals surface area contributed by atoms with Crippen molar-refractivity contribution in [3.63, 3.8) is 0 Å². The third-order valence-corrected chi connectivity index (χ3v) is 4.28. The van der Waals surface area contributed by atoms with Gasteiger partial charge in [-0.2, -0.15) is 4.68 Å². The van der Waals surface area contributed by atoms with Gasteiger partial charge in [-0.25, -0.2) is 4.39 Å². The SMILES string of the molecule is CNC(=O)C1CCN(c2ccc(=O)n(-c3cccc(F)c3)n2)CC1. The number of aromatic nitrogens is 2. The molecular formula is C17H19FN4O2.